The minimum Gasteiger partial charge on any atom is -0.394 e. The normalized spacial score (nSPS) is 11.8. The molecule has 3 aromatic rings. The topological polar surface area (TPSA) is 103 Å². The molecule has 7 nitrogen and oxygen atoms in total. The number of rotatable bonds is 5. The largest absolute Gasteiger partial charge is 0.394 e. The lowest BCUT2D eigenvalue weighted by Crippen LogP contribution is -2.23. The van der Waals surface area contributed by atoms with E-state index in [1.54, 1.807) is 17.7 Å². The highest BCUT2D eigenvalue weighted by molar-refractivity contribution is 6.31. The van der Waals surface area contributed by atoms with Gasteiger partial charge in [-0.15, -0.1) is 0 Å². The zero-order valence-electron chi connectivity index (χ0n) is 14.8. The number of nitriles is 1. The van der Waals surface area contributed by atoms with Crippen molar-refractivity contribution in [3.8, 4) is 6.07 Å². The Balaban J connectivity index is 2.10. The number of aliphatic hydroxyl groups excluding tert-OH is 1. The van der Waals surface area contributed by atoms with Gasteiger partial charge in [0.05, 0.1) is 17.8 Å². The summed E-state index contributed by atoms with van der Waals surface area (Å²) in [6.45, 7) is 1.76. The van der Waals surface area contributed by atoms with Crippen molar-refractivity contribution in [2.45, 2.75) is 13.0 Å². The predicted molar refractivity (Wildman–Crippen MR) is 107 cm³/mol. The van der Waals surface area contributed by atoms with Crippen LogP contribution in [0.5, 0.6) is 0 Å². The molecule has 27 heavy (non-hydrogen) atoms. The Kier molecular flexibility index (Phi) is 5.31. The van der Waals surface area contributed by atoms with Gasteiger partial charge >= 0.3 is 0 Å². The number of aryl methyl sites for hydroxylation is 1. The van der Waals surface area contributed by atoms with Gasteiger partial charge in [-0.2, -0.15) is 5.26 Å². The number of anilines is 3. The maximum Gasteiger partial charge on any atom is 0.252 e. The van der Waals surface area contributed by atoms with Crippen molar-refractivity contribution in [2.24, 2.45) is 7.05 Å². The van der Waals surface area contributed by atoms with Crippen LogP contribution in [0.15, 0.2) is 41.3 Å². The van der Waals surface area contributed by atoms with Gasteiger partial charge in [0, 0.05) is 42.1 Å². The molecule has 0 saturated carbocycles. The number of nitrogens with one attached hydrogen (secondary N) is 2. The van der Waals surface area contributed by atoms with Crippen LogP contribution in [0.4, 0.5) is 17.1 Å². The van der Waals surface area contributed by atoms with Crippen LogP contribution in [0.25, 0.3) is 10.9 Å². The summed E-state index contributed by atoms with van der Waals surface area (Å²) in [5.74, 6) is 0. The summed E-state index contributed by atoms with van der Waals surface area (Å²) in [4.78, 5) is 16.1. The lowest BCUT2D eigenvalue weighted by molar-refractivity contribution is 0.281. The number of hydrogen-bond acceptors (Lipinski definition) is 6. The van der Waals surface area contributed by atoms with E-state index in [4.69, 9.17) is 11.6 Å². The molecule has 0 unspecified atom stereocenters. The molecule has 0 bridgehead atoms. The van der Waals surface area contributed by atoms with Gasteiger partial charge in [-0.3, -0.25) is 4.79 Å². The smallest absolute Gasteiger partial charge is 0.252 e. The second-order valence-electron chi connectivity index (χ2n) is 6.18. The molecule has 0 saturated heterocycles. The molecule has 8 heteroatoms. The summed E-state index contributed by atoms with van der Waals surface area (Å²) in [5, 5.41) is 25.9. The Hall–Kier alpha value is -3.08. The van der Waals surface area contributed by atoms with Crippen LogP contribution in [-0.4, -0.2) is 27.3 Å². The fourth-order valence-corrected chi connectivity index (χ4v) is 2.97. The number of halogens is 1. The summed E-state index contributed by atoms with van der Waals surface area (Å²) in [6, 6.07) is 10.5. The standard InChI is InChI=1S/C19H18ClN5O2/c1-11(10-26)23-16-8-18(27)25(2)17-4-3-12(7-13(16)17)24-15-5-6-22-19(20)14(15)9-21/h3-8,11,23,26H,10H2,1-2H3,(H,22,24)/t11-/m0/s1. The first-order valence-corrected chi connectivity index (χ1v) is 8.65. The average Bonchev–Trinajstić information content (AvgIpc) is 2.66. The third-order valence-corrected chi connectivity index (χ3v) is 4.50. The summed E-state index contributed by atoms with van der Waals surface area (Å²) >= 11 is 5.98. The number of hydrogen-bond donors (Lipinski definition) is 3. The van der Waals surface area contributed by atoms with Gasteiger partial charge in [0.1, 0.15) is 16.8 Å². The van der Waals surface area contributed by atoms with E-state index >= 15 is 0 Å². The summed E-state index contributed by atoms with van der Waals surface area (Å²) in [5.41, 5.74) is 2.75. The average molecular weight is 384 g/mol. The van der Waals surface area contributed by atoms with Crippen LogP contribution < -0.4 is 16.2 Å². The Morgan fingerprint density at radius 3 is 2.81 bits per heavy atom. The molecule has 3 rings (SSSR count). The predicted octanol–water partition coefficient (Wildman–Crippen LogP) is 2.99. The molecule has 2 aromatic heterocycles. The van der Waals surface area contributed by atoms with Crippen molar-refractivity contribution in [3.63, 3.8) is 0 Å². The molecule has 1 atom stereocenters. The maximum absolute atomic E-state index is 12.2. The van der Waals surface area contributed by atoms with Gasteiger partial charge in [-0.1, -0.05) is 11.6 Å². The highest BCUT2D eigenvalue weighted by Crippen LogP contribution is 2.29. The van der Waals surface area contributed by atoms with Crippen LogP contribution >= 0.6 is 11.6 Å². The monoisotopic (exact) mass is 383 g/mol. The zero-order valence-corrected chi connectivity index (χ0v) is 15.6. The molecule has 0 fully saturated rings. The van der Waals surface area contributed by atoms with Crippen LogP contribution in [0.1, 0.15) is 12.5 Å². The SMILES string of the molecule is C[C@@H](CO)Nc1cc(=O)n(C)c2ccc(Nc3ccnc(Cl)c3C#N)cc12. The Bertz CT molecular complexity index is 1100. The van der Waals surface area contributed by atoms with Gasteiger partial charge in [0.15, 0.2) is 0 Å². The summed E-state index contributed by atoms with van der Waals surface area (Å²) in [6.07, 6.45) is 1.52. The second kappa shape index (κ2) is 7.66. The fourth-order valence-electron chi connectivity index (χ4n) is 2.77. The Labute approximate surface area is 160 Å². The van der Waals surface area contributed by atoms with E-state index in [9.17, 15) is 15.2 Å². The van der Waals surface area contributed by atoms with E-state index in [0.29, 0.717) is 11.4 Å². The maximum atomic E-state index is 12.2. The Morgan fingerprint density at radius 1 is 1.33 bits per heavy atom. The molecule has 0 radical (unpaired) electrons. The molecular formula is C19H18ClN5O2. The van der Waals surface area contributed by atoms with Gasteiger partial charge in [-0.05, 0) is 31.2 Å². The van der Waals surface area contributed by atoms with Crippen molar-refractivity contribution < 1.29 is 5.11 Å². The van der Waals surface area contributed by atoms with Crippen LogP contribution in [0.3, 0.4) is 0 Å². The van der Waals surface area contributed by atoms with E-state index in [2.05, 4.69) is 15.6 Å². The molecule has 3 N–H and O–H groups in total. The minimum absolute atomic E-state index is 0.0598. The molecule has 138 valence electrons. The van der Waals surface area contributed by atoms with Crippen molar-refractivity contribution in [1.82, 2.24) is 9.55 Å². The van der Waals surface area contributed by atoms with E-state index in [1.807, 2.05) is 31.2 Å². The van der Waals surface area contributed by atoms with Gasteiger partial charge < -0.3 is 20.3 Å². The number of aromatic nitrogens is 2. The van der Waals surface area contributed by atoms with E-state index in [1.165, 1.54) is 12.3 Å². The quantitative estimate of drug-likeness (QED) is 0.585. The number of nitrogens with zero attached hydrogens (tertiary/aromatic N) is 3. The number of fused-ring (bicyclic) bond motifs is 1. The van der Waals surface area contributed by atoms with E-state index in [0.717, 1.165) is 16.6 Å². The minimum atomic E-state index is -0.207. The molecule has 2 heterocycles. The van der Waals surface area contributed by atoms with Gasteiger partial charge in [0.25, 0.3) is 5.56 Å². The van der Waals surface area contributed by atoms with E-state index < -0.39 is 0 Å². The molecule has 0 aliphatic rings. The lowest BCUT2D eigenvalue weighted by atomic mass is 10.1. The van der Waals surface area contributed by atoms with Crippen LogP contribution in [0.2, 0.25) is 5.15 Å². The number of pyridine rings is 2. The Morgan fingerprint density at radius 2 is 2.11 bits per heavy atom. The first-order valence-electron chi connectivity index (χ1n) is 8.27. The molecule has 1 aromatic carbocycles. The lowest BCUT2D eigenvalue weighted by Gasteiger charge is -2.17. The highest BCUT2D eigenvalue weighted by atomic mass is 35.5. The van der Waals surface area contributed by atoms with Crippen molar-refractivity contribution in [3.05, 3.63) is 57.6 Å². The van der Waals surface area contributed by atoms with Gasteiger partial charge in [0.2, 0.25) is 0 Å². The van der Waals surface area contributed by atoms with Gasteiger partial charge in [-0.25, -0.2) is 4.98 Å². The summed E-state index contributed by atoms with van der Waals surface area (Å²) in [7, 11) is 1.70. The molecule has 0 spiro atoms. The third-order valence-electron chi connectivity index (χ3n) is 4.22. The first-order chi connectivity index (χ1) is 12.9. The number of benzene rings is 1. The molecule has 0 amide bonds. The molecule has 0 aliphatic carbocycles. The third kappa shape index (κ3) is 3.72. The van der Waals surface area contributed by atoms with Crippen LogP contribution in [0, 0.1) is 11.3 Å². The second-order valence-corrected chi connectivity index (χ2v) is 6.53. The first kappa shape index (κ1) is 18.7. The zero-order chi connectivity index (χ0) is 19.6. The highest BCUT2D eigenvalue weighted by Gasteiger charge is 2.12. The van der Waals surface area contributed by atoms with Crippen molar-refractivity contribution in [2.75, 3.05) is 17.2 Å². The fraction of sp³-hybridized carbons (Fsp3) is 0.211. The van der Waals surface area contributed by atoms with Crippen molar-refractivity contribution >= 4 is 39.6 Å². The summed E-state index contributed by atoms with van der Waals surface area (Å²) < 4.78 is 1.55. The van der Waals surface area contributed by atoms with Crippen LogP contribution in [-0.2, 0) is 7.05 Å². The molecular weight excluding hydrogens is 366 g/mol. The van der Waals surface area contributed by atoms with Crippen molar-refractivity contribution in [1.29, 1.82) is 5.26 Å². The van der Waals surface area contributed by atoms with E-state index in [-0.39, 0.29) is 28.9 Å². The molecule has 0 aliphatic heterocycles. The number of aliphatic hydroxyl groups is 1.